The van der Waals surface area contributed by atoms with Crippen LogP contribution in [0.2, 0.25) is 5.02 Å². The van der Waals surface area contributed by atoms with Crippen molar-refractivity contribution >= 4 is 33.5 Å². The van der Waals surface area contributed by atoms with Gasteiger partial charge in [0.2, 0.25) is 10.0 Å². The Labute approximate surface area is 170 Å². The average Bonchev–Trinajstić information content (AvgIpc) is 2.71. The van der Waals surface area contributed by atoms with Gasteiger partial charge in [-0.05, 0) is 31.0 Å². The van der Waals surface area contributed by atoms with E-state index >= 15 is 0 Å². The standard InChI is InChI=1S/C18H25ClN2O6S/c1-3-14(4-2)20-17(22)12-27-18(23)13-5-6-15(19)16(11-13)28(24,25)21-7-9-26-10-8-21/h5-6,11,14H,3-4,7-10,12H2,1-2H3,(H,20,22). The van der Waals surface area contributed by atoms with Crippen LogP contribution in [0.3, 0.4) is 0 Å². The highest BCUT2D eigenvalue weighted by atomic mass is 35.5. The molecule has 0 radical (unpaired) electrons. The molecular formula is C18H25ClN2O6S. The van der Waals surface area contributed by atoms with E-state index in [0.717, 1.165) is 12.8 Å². The van der Waals surface area contributed by atoms with Gasteiger partial charge in [-0.1, -0.05) is 25.4 Å². The molecule has 10 heteroatoms. The third kappa shape index (κ3) is 5.66. The van der Waals surface area contributed by atoms with Crippen LogP contribution in [0.25, 0.3) is 0 Å². The maximum absolute atomic E-state index is 12.8. The van der Waals surface area contributed by atoms with E-state index in [1.807, 2.05) is 13.8 Å². The highest BCUT2D eigenvalue weighted by Crippen LogP contribution is 2.26. The van der Waals surface area contributed by atoms with Crippen LogP contribution in [0.1, 0.15) is 37.0 Å². The summed E-state index contributed by atoms with van der Waals surface area (Å²) in [5, 5.41) is 2.77. The van der Waals surface area contributed by atoms with Crippen molar-refractivity contribution in [2.75, 3.05) is 32.9 Å². The average molecular weight is 433 g/mol. The van der Waals surface area contributed by atoms with Gasteiger partial charge in [-0.25, -0.2) is 13.2 Å². The van der Waals surface area contributed by atoms with Crippen LogP contribution in [0.15, 0.2) is 23.1 Å². The molecule has 0 atom stereocenters. The number of nitrogens with one attached hydrogen (secondary N) is 1. The van der Waals surface area contributed by atoms with E-state index in [1.54, 1.807) is 0 Å². The second-order valence-electron chi connectivity index (χ2n) is 6.32. The maximum atomic E-state index is 12.8. The fourth-order valence-corrected chi connectivity index (χ4v) is 4.64. The SMILES string of the molecule is CCC(CC)NC(=O)COC(=O)c1ccc(Cl)c(S(=O)(=O)N2CCOCC2)c1. The molecule has 1 heterocycles. The highest BCUT2D eigenvalue weighted by Gasteiger charge is 2.29. The van der Waals surface area contributed by atoms with Gasteiger partial charge in [0.15, 0.2) is 6.61 Å². The molecule has 1 amide bonds. The Morgan fingerprint density at radius 3 is 2.50 bits per heavy atom. The Morgan fingerprint density at radius 1 is 1.25 bits per heavy atom. The molecule has 1 saturated heterocycles. The predicted octanol–water partition coefficient (Wildman–Crippen LogP) is 1.82. The summed E-state index contributed by atoms with van der Waals surface area (Å²) in [6.45, 7) is 4.47. The van der Waals surface area contributed by atoms with Crippen molar-refractivity contribution in [3.63, 3.8) is 0 Å². The minimum absolute atomic E-state index is 0.00608. The summed E-state index contributed by atoms with van der Waals surface area (Å²) in [6.07, 6.45) is 1.55. The molecule has 1 aliphatic heterocycles. The summed E-state index contributed by atoms with van der Waals surface area (Å²) < 4.78 is 37.1. The first-order chi connectivity index (χ1) is 13.3. The topological polar surface area (TPSA) is 102 Å². The van der Waals surface area contributed by atoms with Gasteiger partial charge in [0.25, 0.3) is 5.91 Å². The Bertz CT molecular complexity index is 804. The third-order valence-corrected chi connectivity index (χ3v) is 6.82. The van der Waals surface area contributed by atoms with Crippen molar-refractivity contribution < 1.29 is 27.5 Å². The van der Waals surface area contributed by atoms with E-state index < -0.39 is 28.5 Å². The minimum atomic E-state index is -3.87. The summed E-state index contributed by atoms with van der Waals surface area (Å²) in [5.74, 6) is -1.20. The molecule has 8 nitrogen and oxygen atoms in total. The summed E-state index contributed by atoms with van der Waals surface area (Å²) >= 11 is 6.07. The van der Waals surface area contributed by atoms with Crippen LogP contribution < -0.4 is 5.32 Å². The van der Waals surface area contributed by atoms with Crippen LogP contribution in [-0.2, 0) is 24.3 Å². The maximum Gasteiger partial charge on any atom is 0.338 e. The summed E-state index contributed by atoms with van der Waals surface area (Å²) in [4.78, 5) is 24.0. The molecule has 0 aromatic heterocycles. The second-order valence-corrected chi connectivity index (χ2v) is 8.63. The normalized spacial score (nSPS) is 15.4. The van der Waals surface area contributed by atoms with E-state index in [9.17, 15) is 18.0 Å². The zero-order valence-corrected chi connectivity index (χ0v) is 17.5. The first-order valence-electron chi connectivity index (χ1n) is 9.13. The molecule has 0 bridgehead atoms. The van der Waals surface area contributed by atoms with Gasteiger partial charge in [0, 0.05) is 19.1 Å². The molecule has 156 valence electrons. The molecule has 0 saturated carbocycles. The quantitative estimate of drug-likeness (QED) is 0.628. The molecular weight excluding hydrogens is 408 g/mol. The van der Waals surface area contributed by atoms with Crippen molar-refractivity contribution in [1.82, 2.24) is 9.62 Å². The Kier molecular flexibility index (Phi) is 8.23. The Balaban J connectivity index is 2.09. The lowest BCUT2D eigenvalue weighted by molar-refractivity contribution is -0.125. The van der Waals surface area contributed by atoms with E-state index in [4.69, 9.17) is 21.1 Å². The Hall–Kier alpha value is -1.68. The zero-order chi connectivity index (χ0) is 20.7. The number of carbonyl (C=O) groups is 2. The lowest BCUT2D eigenvalue weighted by Crippen LogP contribution is -2.40. The van der Waals surface area contributed by atoms with Crippen molar-refractivity contribution in [3.05, 3.63) is 28.8 Å². The third-order valence-electron chi connectivity index (χ3n) is 4.44. The number of benzene rings is 1. The molecule has 2 rings (SSSR count). The number of esters is 1. The van der Waals surface area contributed by atoms with Crippen molar-refractivity contribution in [2.24, 2.45) is 0 Å². The largest absolute Gasteiger partial charge is 0.452 e. The lowest BCUT2D eigenvalue weighted by Gasteiger charge is -2.26. The van der Waals surface area contributed by atoms with E-state index in [0.29, 0.717) is 13.2 Å². The number of sulfonamides is 1. The number of hydrogen-bond acceptors (Lipinski definition) is 6. The van der Waals surface area contributed by atoms with Gasteiger partial charge in [0.05, 0.1) is 23.8 Å². The number of hydrogen-bond donors (Lipinski definition) is 1. The lowest BCUT2D eigenvalue weighted by atomic mass is 10.2. The number of carbonyl (C=O) groups excluding carboxylic acids is 2. The molecule has 1 aromatic rings. The van der Waals surface area contributed by atoms with Crippen LogP contribution in [0.5, 0.6) is 0 Å². The van der Waals surface area contributed by atoms with E-state index in [1.165, 1.54) is 22.5 Å². The molecule has 0 aliphatic carbocycles. The molecule has 0 unspecified atom stereocenters. The zero-order valence-electron chi connectivity index (χ0n) is 15.9. The first kappa shape index (κ1) is 22.6. The molecule has 1 aromatic carbocycles. The van der Waals surface area contributed by atoms with Gasteiger partial charge < -0.3 is 14.8 Å². The van der Waals surface area contributed by atoms with Crippen molar-refractivity contribution in [1.29, 1.82) is 0 Å². The molecule has 28 heavy (non-hydrogen) atoms. The smallest absolute Gasteiger partial charge is 0.338 e. The molecule has 1 fully saturated rings. The highest BCUT2D eigenvalue weighted by molar-refractivity contribution is 7.89. The number of ether oxygens (including phenoxy) is 2. The van der Waals surface area contributed by atoms with Crippen LogP contribution in [0, 0.1) is 0 Å². The van der Waals surface area contributed by atoms with Crippen molar-refractivity contribution in [3.8, 4) is 0 Å². The fraction of sp³-hybridized carbons (Fsp3) is 0.556. The monoisotopic (exact) mass is 432 g/mol. The van der Waals surface area contributed by atoms with Gasteiger partial charge in [0.1, 0.15) is 4.90 Å². The molecule has 0 spiro atoms. The number of morpholine rings is 1. The molecule has 1 N–H and O–H groups in total. The molecule has 1 aliphatic rings. The minimum Gasteiger partial charge on any atom is -0.452 e. The van der Waals surface area contributed by atoms with Gasteiger partial charge >= 0.3 is 5.97 Å². The summed E-state index contributed by atoms with van der Waals surface area (Å²) in [6, 6.07) is 3.89. The first-order valence-corrected chi connectivity index (χ1v) is 10.9. The van der Waals surface area contributed by atoms with Crippen molar-refractivity contribution in [2.45, 2.75) is 37.6 Å². The van der Waals surface area contributed by atoms with Gasteiger partial charge in [-0.3, -0.25) is 4.79 Å². The number of rotatable bonds is 8. The van der Waals surface area contributed by atoms with E-state index in [-0.39, 0.29) is 34.6 Å². The Morgan fingerprint density at radius 2 is 1.89 bits per heavy atom. The van der Waals surface area contributed by atoms with Crippen LogP contribution in [-0.4, -0.2) is 63.6 Å². The van der Waals surface area contributed by atoms with Crippen LogP contribution >= 0.6 is 11.6 Å². The van der Waals surface area contributed by atoms with Gasteiger partial charge in [-0.2, -0.15) is 4.31 Å². The predicted molar refractivity (Wildman–Crippen MR) is 104 cm³/mol. The second kappa shape index (κ2) is 10.2. The number of halogens is 1. The number of amides is 1. The summed E-state index contributed by atoms with van der Waals surface area (Å²) in [5.41, 5.74) is 0.00608. The summed E-state index contributed by atoms with van der Waals surface area (Å²) in [7, 11) is -3.87. The number of nitrogens with zero attached hydrogens (tertiary/aromatic N) is 1. The van der Waals surface area contributed by atoms with E-state index in [2.05, 4.69) is 5.32 Å². The van der Waals surface area contributed by atoms with Gasteiger partial charge in [-0.15, -0.1) is 0 Å². The fourth-order valence-electron chi connectivity index (χ4n) is 2.73. The van der Waals surface area contributed by atoms with Crippen LogP contribution in [0.4, 0.5) is 0 Å².